The van der Waals surface area contributed by atoms with Crippen molar-refractivity contribution in [3.63, 3.8) is 0 Å². The number of aliphatic hydroxyl groups is 1. The highest BCUT2D eigenvalue weighted by molar-refractivity contribution is 7.91. The highest BCUT2D eigenvalue weighted by atomic mass is 32.2. The molecule has 1 N–H and O–H groups in total. The van der Waals surface area contributed by atoms with Crippen LogP contribution in [0.2, 0.25) is 0 Å². The van der Waals surface area contributed by atoms with Gasteiger partial charge in [-0.2, -0.15) is 4.31 Å². The molecule has 0 amide bonds. The molecular weight excluding hydrogens is 313 g/mol. The number of sulfonamides is 1. The fourth-order valence-corrected chi connectivity index (χ4v) is 4.55. The van der Waals surface area contributed by atoms with Crippen LogP contribution < -0.4 is 0 Å². The van der Waals surface area contributed by atoms with Crippen LogP contribution in [0.1, 0.15) is 10.4 Å². The summed E-state index contributed by atoms with van der Waals surface area (Å²) in [5.74, 6) is -0.424. The molecule has 0 saturated carbocycles. The van der Waals surface area contributed by atoms with Crippen LogP contribution >= 0.6 is 11.3 Å². The second-order valence-corrected chi connectivity index (χ2v) is 7.99. The van der Waals surface area contributed by atoms with Crippen molar-refractivity contribution in [2.45, 2.75) is 17.2 Å². The summed E-state index contributed by atoms with van der Waals surface area (Å²) < 4.78 is 39.8. The smallest absolute Gasteiger partial charge is 0.252 e. The van der Waals surface area contributed by atoms with Gasteiger partial charge in [0.05, 0.1) is 0 Å². The van der Waals surface area contributed by atoms with Crippen molar-refractivity contribution in [2.24, 2.45) is 0 Å². The molecule has 0 atom stereocenters. The van der Waals surface area contributed by atoms with Gasteiger partial charge >= 0.3 is 0 Å². The molecule has 0 fully saturated rings. The molecule has 1 aromatic heterocycles. The Morgan fingerprint density at radius 3 is 2.62 bits per heavy atom. The second-order valence-electron chi connectivity index (χ2n) is 4.55. The van der Waals surface area contributed by atoms with E-state index in [0.29, 0.717) is 12.0 Å². The molecule has 0 radical (unpaired) electrons. The first kappa shape index (κ1) is 16.1. The predicted molar refractivity (Wildman–Crippen MR) is 80.2 cm³/mol. The number of thiophene rings is 1. The summed E-state index contributed by atoms with van der Waals surface area (Å²) in [5, 5.41) is 8.87. The topological polar surface area (TPSA) is 57.6 Å². The molecule has 21 heavy (non-hydrogen) atoms. The van der Waals surface area contributed by atoms with Crippen LogP contribution in [0.15, 0.2) is 40.6 Å². The van der Waals surface area contributed by atoms with Crippen molar-refractivity contribution in [3.05, 3.63) is 52.7 Å². The Kier molecular flexibility index (Phi) is 5.10. The quantitative estimate of drug-likeness (QED) is 0.884. The zero-order valence-electron chi connectivity index (χ0n) is 11.5. The molecule has 7 heteroatoms. The molecule has 0 spiro atoms. The van der Waals surface area contributed by atoms with Crippen LogP contribution in [0.25, 0.3) is 0 Å². The van der Waals surface area contributed by atoms with Crippen molar-refractivity contribution < 1.29 is 17.9 Å². The molecule has 1 aromatic carbocycles. The van der Waals surface area contributed by atoms with E-state index in [1.165, 1.54) is 19.2 Å². The summed E-state index contributed by atoms with van der Waals surface area (Å²) in [6.45, 7) is -0.0483. The molecule has 0 saturated heterocycles. The van der Waals surface area contributed by atoms with Crippen molar-refractivity contribution in [1.29, 1.82) is 0 Å². The minimum atomic E-state index is -3.65. The molecule has 114 valence electrons. The van der Waals surface area contributed by atoms with E-state index in [1.807, 2.05) is 0 Å². The van der Waals surface area contributed by atoms with E-state index in [-0.39, 0.29) is 17.4 Å². The van der Waals surface area contributed by atoms with E-state index < -0.39 is 15.8 Å². The van der Waals surface area contributed by atoms with E-state index in [1.54, 1.807) is 24.3 Å². The van der Waals surface area contributed by atoms with Gasteiger partial charge in [-0.15, -0.1) is 11.3 Å². The molecule has 0 aliphatic heterocycles. The average Bonchev–Trinajstić information content (AvgIpc) is 2.91. The first-order valence-electron chi connectivity index (χ1n) is 6.34. The Balaban J connectivity index is 2.20. The molecule has 2 aromatic rings. The fraction of sp³-hybridized carbons (Fsp3) is 0.286. The summed E-state index contributed by atoms with van der Waals surface area (Å²) in [7, 11) is -2.22. The number of nitrogens with zero attached hydrogens (tertiary/aromatic N) is 1. The summed E-state index contributed by atoms with van der Waals surface area (Å²) in [5.41, 5.74) is 0.329. The number of aliphatic hydroxyl groups excluding tert-OH is 1. The Labute approximate surface area is 127 Å². The van der Waals surface area contributed by atoms with Gasteiger partial charge in [-0.25, -0.2) is 12.8 Å². The van der Waals surface area contributed by atoms with Gasteiger partial charge in [0.15, 0.2) is 0 Å². The number of benzene rings is 1. The average molecular weight is 329 g/mol. The zero-order chi connectivity index (χ0) is 15.5. The first-order chi connectivity index (χ1) is 9.95. The van der Waals surface area contributed by atoms with E-state index >= 15 is 0 Å². The highest BCUT2D eigenvalue weighted by Gasteiger charge is 2.23. The second kappa shape index (κ2) is 6.65. The van der Waals surface area contributed by atoms with Crippen LogP contribution in [0.4, 0.5) is 4.39 Å². The minimum absolute atomic E-state index is 0.0228. The molecule has 0 unspecified atom stereocenters. The molecule has 2 rings (SSSR count). The lowest BCUT2D eigenvalue weighted by Gasteiger charge is -2.16. The third kappa shape index (κ3) is 3.68. The van der Waals surface area contributed by atoms with Gasteiger partial charge in [0.25, 0.3) is 10.0 Å². The predicted octanol–water partition coefficient (Wildman–Crippen LogP) is 2.24. The van der Waals surface area contributed by atoms with E-state index in [2.05, 4.69) is 0 Å². The first-order valence-corrected chi connectivity index (χ1v) is 8.60. The molecule has 4 nitrogen and oxygen atoms in total. The van der Waals surface area contributed by atoms with Gasteiger partial charge in [0.2, 0.25) is 0 Å². The Morgan fingerprint density at radius 2 is 1.95 bits per heavy atom. The van der Waals surface area contributed by atoms with Crippen LogP contribution in [0.3, 0.4) is 0 Å². The molecule has 0 aliphatic carbocycles. The summed E-state index contributed by atoms with van der Waals surface area (Å²) in [4.78, 5) is 0.801. The maximum atomic E-state index is 13.6. The summed E-state index contributed by atoms with van der Waals surface area (Å²) in [6.07, 6.45) is 0.428. The standard InChI is InChI=1S/C14H16FNO3S2/c1-16(10-11-4-2-3-5-13(11)15)21(18,19)14-7-6-12(20-14)8-9-17/h2-7,17H,8-10H2,1H3. The zero-order valence-corrected chi connectivity index (χ0v) is 13.1. The van der Waals surface area contributed by atoms with E-state index in [0.717, 1.165) is 20.5 Å². The Morgan fingerprint density at radius 1 is 1.24 bits per heavy atom. The molecular formula is C14H16FNO3S2. The normalized spacial score (nSPS) is 12.0. The largest absolute Gasteiger partial charge is 0.396 e. The fourth-order valence-electron chi connectivity index (χ4n) is 1.85. The summed E-state index contributed by atoms with van der Waals surface area (Å²) in [6, 6.07) is 9.30. The van der Waals surface area contributed by atoms with Gasteiger partial charge in [-0.3, -0.25) is 0 Å². The van der Waals surface area contributed by atoms with Gasteiger partial charge in [0, 0.05) is 37.1 Å². The monoisotopic (exact) mass is 329 g/mol. The minimum Gasteiger partial charge on any atom is -0.396 e. The van der Waals surface area contributed by atoms with E-state index in [4.69, 9.17) is 5.11 Å². The summed E-state index contributed by atoms with van der Waals surface area (Å²) >= 11 is 1.12. The maximum absolute atomic E-state index is 13.6. The van der Waals surface area contributed by atoms with Gasteiger partial charge in [-0.1, -0.05) is 18.2 Å². The van der Waals surface area contributed by atoms with Crippen molar-refractivity contribution >= 4 is 21.4 Å². The Hall–Kier alpha value is -1.28. The number of rotatable bonds is 6. The SMILES string of the molecule is CN(Cc1ccccc1F)S(=O)(=O)c1ccc(CCO)s1. The van der Waals surface area contributed by atoms with Crippen molar-refractivity contribution in [1.82, 2.24) is 4.31 Å². The van der Waals surface area contributed by atoms with Crippen molar-refractivity contribution in [3.8, 4) is 0 Å². The van der Waals surface area contributed by atoms with Gasteiger partial charge < -0.3 is 5.11 Å². The van der Waals surface area contributed by atoms with E-state index in [9.17, 15) is 12.8 Å². The van der Waals surface area contributed by atoms with Gasteiger partial charge in [0.1, 0.15) is 10.0 Å². The molecule has 0 bridgehead atoms. The van der Waals surface area contributed by atoms with Crippen molar-refractivity contribution in [2.75, 3.05) is 13.7 Å². The molecule has 1 heterocycles. The number of halogens is 1. The number of hydrogen-bond acceptors (Lipinski definition) is 4. The highest BCUT2D eigenvalue weighted by Crippen LogP contribution is 2.25. The Bertz CT molecular complexity index is 713. The molecule has 0 aliphatic rings. The van der Waals surface area contributed by atoms with Gasteiger partial charge in [-0.05, 0) is 18.2 Å². The van der Waals surface area contributed by atoms with Crippen LogP contribution in [-0.2, 0) is 23.0 Å². The third-order valence-corrected chi connectivity index (χ3v) is 6.43. The maximum Gasteiger partial charge on any atom is 0.252 e. The van der Waals surface area contributed by atoms with Crippen LogP contribution in [0.5, 0.6) is 0 Å². The van der Waals surface area contributed by atoms with Crippen LogP contribution in [0, 0.1) is 5.82 Å². The van der Waals surface area contributed by atoms with Crippen LogP contribution in [-0.4, -0.2) is 31.5 Å². The lowest BCUT2D eigenvalue weighted by molar-refractivity contribution is 0.300. The lowest BCUT2D eigenvalue weighted by atomic mass is 10.2. The third-order valence-electron chi connectivity index (χ3n) is 3.01. The lowest BCUT2D eigenvalue weighted by Crippen LogP contribution is -2.26. The number of hydrogen-bond donors (Lipinski definition) is 1.